The van der Waals surface area contributed by atoms with Crippen LogP contribution in [0.1, 0.15) is 24.2 Å². The van der Waals surface area contributed by atoms with Gasteiger partial charge in [0.05, 0.1) is 0 Å². The van der Waals surface area contributed by atoms with Crippen molar-refractivity contribution in [2.75, 3.05) is 0 Å². The van der Waals surface area contributed by atoms with Crippen molar-refractivity contribution in [1.82, 2.24) is 0 Å². The van der Waals surface area contributed by atoms with Crippen LogP contribution in [0.2, 0.25) is 0 Å². The van der Waals surface area contributed by atoms with E-state index in [1.165, 1.54) is 24.2 Å². The minimum absolute atomic E-state index is 0. The van der Waals surface area contributed by atoms with Crippen molar-refractivity contribution >= 4 is 0 Å². The molecule has 22 heavy (non-hydrogen) atoms. The molecular weight excluding hydrogens is 412 g/mol. The smallest absolute Gasteiger partial charge is 0.178 e. The topological polar surface area (TPSA) is 70.8 Å². The predicted molar refractivity (Wildman–Crippen MR) is 79.2 cm³/mol. The van der Waals surface area contributed by atoms with Crippen molar-refractivity contribution < 1.29 is 54.0 Å². The van der Waals surface area contributed by atoms with Gasteiger partial charge in [-0.15, -0.1) is 0 Å². The van der Waals surface area contributed by atoms with Crippen molar-refractivity contribution in [2.24, 2.45) is 0 Å². The van der Waals surface area contributed by atoms with Gasteiger partial charge in [-0.05, 0) is 0 Å². The Morgan fingerprint density at radius 3 is 1.36 bits per heavy atom. The Labute approximate surface area is 154 Å². The number of pyridine rings is 2. The molecular formula is C16H26Br2N2O2. The lowest BCUT2D eigenvalue weighted by Gasteiger charge is -2.01. The van der Waals surface area contributed by atoms with Gasteiger partial charge in [0.2, 0.25) is 0 Å². The molecule has 0 aliphatic carbocycles. The Hall–Kier alpha value is -0.820. The molecule has 0 saturated heterocycles. The second kappa shape index (κ2) is 13.8. The number of aromatic nitrogens is 2. The summed E-state index contributed by atoms with van der Waals surface area (Å²) in [6.07, 6.45) is 6.76. The van der Waals surface area contributed by atoms with E-state index in [4.69, 9.17) is 0 Å². The number of rotatable bonds is 5. The fourth-order valence-electron chi connectivity index (χ4n) is 2.19. The molecule has 0 radical (unpaired) electrons. The van der Waals surface area contributed by atoms with Gasteiger partial charge in [0.15, 0.2) is 23.8 Å². The molecule has 0 aromatic carbocycles. The molecule has 4 N–H and O–H groups in total. The zero-order valence-electron chi connectivity index (χ0n) is 13.1. The van der Waals surface area contributed by atoms with Gasteiger partial charge in [-0.25, -0.2) is 9.13 Å². The van der Waals surface area contributed by atoms with Crippen LogP contribution in [0, 0.1) is 13.8 Å². The fraction of sp³-hybridized carbons (Fsp3) is 0.375. The van der Waals surface area contributed by atoms with E-state index < -0.39 is 0 Å². The summed E-state index contributed by atoms with van der Waals surface area (Å²) in [6.45, 7) is 6.55. The lowest BCUT2D eigenvalue weighted by Crippen LogP contribution is -3.00. The third-order valence-electron chi connectivity index (χ3n) is 3.38. The Morgan fingerprint density at radius 2 is 1.05 bits per heavy atom. The van der Waals surface area contributed by atoms with Gasteiger partial charge in [-0.3, -0.25) is 0 Å². The molecule has 4 nitrogen and oxygen atoms in total. The highest BCUT2D eigenvalue weighted by molar-refractivity contribution is 4.94. The monoisotopic (exact) mass is 436 g/mol. The number of unbranched alkanes of at least 4 members (excludes halogenated alkanes) is 1. The molecule has 2 heterocycles. The molecule has 126 valence electrons. The molecule has 2 aromatic rings. The number of halogens is 2. The number of nitrogens with zero attached hydrogens (tertiary/aromatic N) is 2. The lowest BCUT2D eigenvalue weighted by atomic mass is 10.2. The minimum Gasteiger partial charge on any atom is -1.00 e. The molecule has 0 atom stereocenters. The lowest BCUT2D eigenvalue weighted by molar-refractivity contribution is -0.713. The molecule has 2 rings (SSSR count). The number of aryl methyl sites for hydroxylation is 4. The van der Waals surface area contributed by atoms with Crippen LogP contribution < -0.4 is 43.1 Å². The molecule has 0 bridgehead atoms. The second-order valence-electron chi connectivity index (χ2n) is 4.78. The molecule has 0 saturated carbocycles. The van der Waals surface area contributed by atoms with Crippen LogP contribution in [0.5, 0.6) is 0 Å². The third kappa shape index (κ3) is 7.98. The first-order chi connectivity index (χ1) is 8.77. The van der Waals surface area contributed by atoms with Gasteiger partial charge in [0.1, 0.15) is 13.1 Å². The molecule has 0 aliphatic heterocycles. The molecule has 0 amide bonds. The van der Waals surface area contributed by atoms with Crippen LogP contribution in [0.3, 0.4) is 0 Å². The second-order valence-corrected chi connectivity index (χ2v) is 4.78. The summed E-state index contributed by atoms with van der Waals surface area (Å²) in [7, 11) is 0. The highest BCUT2D eigenvalue weighted by atomic mass is 79.9. The summed E-state index contributed by atoms with van der Waals surface area (Å²) in [5.41, 5.74) is 2.67. The van der Waals surface area contributed by atoms with Crippen LogP contribution in [-0.4, -0.2) is 11.0 Å². The first kappa shape index (κ1) is 26.1. The van der Waals surface area contributed by atoms with Crippen molar-refractivity contribution in [3.8, 4) is 0 Å². The Morgan fingerprint density at radius 1 is 0.682 bits per heavy atom. The zero-order chi connectivity index (χ0) is 12.8. The average Bonchev–Trinajstić information content (AvgIpc) is 2.38. The molecule has 0 spiro atoms. The summed E-state index contributed by atoms with van der Waals surface area (Å²) in [5.74, 6) is 0. The van der Waals surface area contributed by atoms with Gasteiger partial charge >= 0.3 is 0 Å². The van der Waals surface area contributed by atoms with Gasteiger partial charge in [0.25, 0.3) is 0 Å². The predicted octanol–water partition coefficient (Wildman–Crippen LogP) is -5.28. The van der Waals surface area contributed by atoms with Crippen LogP contribution in [0.4, 0.5) is 0 Å². The maximum Gasteiger partial charge on any atom is 0.178 e. The standard InChI is InChI=1S/C16H22N2.2BrH.2H2O/c1-15-9-3-5-11-17(15)13-7-8-14-18-12-6-4-10-16(18)2;;;;/h3-6,9-12H,7-8,13-14H2,1-2H3;2*1H;2*1H2/q+2;;;;/p-2. The fourth-order valence-corrected chi connectivity index (χ4v) is 2.19. The Balaban J connectivity index is -0.000000902. The van der Waals surface area contributed by atoms with E-state index in [1.54, 1.807) is 0 Å². The van der Waals surface area contributed by atoms with Crippen LogP contribution in [-0.2, 0) is 13.1 Å². The van der Waals surface area contributed by atoms with Crippen molar-refractivity contribution in [3.05, 3.63) is 60.2 Å². The zero-order valence-corrected chi connectivity index (χ0v) is 16.3. The summed E-state index contributed by atoms with van der Waals surface area (Å²) in [4.78, 5) is 0. The molecule has 0 fully saturated rings. The van der Waals surface area contributed by atoms with Crippen LogP contribution in [0.25, 0.3) is 0 Å². The van der Waals surface area contributed by atoms with Gasteiger partial charge in [0, 0.05) is 51.0 Å². The summed E-state index contributed by atoms with van der Waals surface area (Å²) < 4.78 is 4.64. The molecule has 0 unspecified atom stereocenters. The maximum absolute atomic E-state index is 2.32. The van der Waals surface area contributed by atoms with E-state index in [1.807, 2.05) is 0 Å². The summed E-state index contributed by atoms with van der Waals surface area (Å²) >= 11 is 0. The molecule has 6 heteroatoms. The van der Waals surface area contributed by atoms with E-state index in [-0.39, 0.29) is 44.9 Å². The van der Waals surface area contributed by atoms with E-state index in [0.717, 1.165) is 13.1 Å². The average molecular weight is 438 g/mol. The number of hydrogen-bond acceptors (Lipinski definition) is 0. The van der Waals surface area contributed by atoms with Gasteiger partial charge in [-0.1, -0.05) is 12.1 Å². The normalized spacial score (nSPS) is 8.64. The SMILES string of the molecule is Cc1cccc[n+]1CCCC[n+]1ccccc1C.O.O.[Br-].[Br-]. The molecule has 0 aliphatic rings. The highest BCUT2D eigenvalue weighted by Crippen LogP contribution is 1.95. The van der Waals surface area contributed by atoms with E-state index in [9.17, 15) is 0 Å². The summed E-state index contributed by atoms with van der Waals surface area (Å²) in [5, 5.41) is 0. The minimum atomic E-state index is 0. The van der Waals surface area contributed by atoms with Crippen LogP contribution >= 0.6 is 0 Å². The van der Waals surface area contributed by atoms with Gasteiger partial charge in [-0.2, -0.15) is 0 Å². The first-order valence-corrected chi connectivity index (χ1v) is 6.67. The largest absolute Gasteiger partial charge is 1.00 e. The Bertz CT molecular complexity index is 478. The third-order valence-corrected chi connectivity index (χ3v) is 3.38. The van der Waals surface area contributed by atoms with Crippen molar-refractivity contribution in [1.29, 1.82) is 0 Å². The van der Waals surface area contributed by atoms with Gasteiger partial charge < -0.3 is 44.9 Å². The number of hydrogen-bond donors (Lipinski definition) is 0. The maximum atomic E-state index is 2.32. The van der Waals surface area contributed by atoms with E-state index in [0.29, 0.717) is 0 Å². The Kier molecular flexibility index (Phi) is 16.4. The van der Waals surface area contributed by atoms with E-state index in [2.05, 4.69) is 71.8 Å². The van der Waals surface area contributed by atoms with Crippen molar-refractivity contribution in [2.45, 2.75) is 39.8 Å². The van der Waals surface area contributed by atoms with Crippen LogP contribution in [0.15, 0.2) is 48.8 Å². The van der Waals surface area contributed by atoms with E-state index >= 15 is 0 Å². The quantitative estimate of drug-likeness (QED) is 0.331. The highest BCUT2D eigenvalue weighted by Gasteiger charge is 2.07. The molecule has 2 aromatic heterocycles. The summed E-state index contributed by atoms with van der Waals surface area (Å²) in [6, 6.07) is 12.7. The first-order valence-electron chi connectivity index (χ1n) is 6.67. The van der Waals surface area contributed by atoms with Crippen molar-refractivity contribution in [3.63, 3.8) is 0 Å².